The Morgan fingerprint density at radius 1 is 1.25 bits per heavy atom. The molecule has 0 saturated carbocycles. The predicted octanol–water partition coefficient (Wildman–Crippen LogP) is 4.21. The third kappa shape index (κ3) is 1.39. The highest BCUT2D eigenvalue weighted by atomic mass is 19.1. The van der Waals surface area contributed by atoms with Gasteiger partial charge < -0.3 is 0 Å². The van der Waals surface area contributed by atoms with E-state index in [2.05, 4.69) is 20.8 Å². The molecule has 0 spiro atoms. The molecule has 16 heavy (non-hydrogen) atoms. The summed E-state index contributed by atoms with van der Waals surface area (Å²) in [4.78, 5) is 0. The van der Waals surface area contributed by atoms with Crippen molar-refractivity contribution in [1.82, 2.24) is 0 Å². The van der Waals surface area contributed by atoms with E-state index in [1.165, 1.54) is 12.1 Å². The molecule has 2 rings (SSSR count). The van der Waals surface area contributed by atoms with Crippen molar-refractivity contribution in [3.8, 4) is 0 Å². The van der Waals surface area contributed by atoms with E-state index in [1.807, 2.05) is 0 Å². The van der Waals surface area contributed by atoms with Gasteiger partial charge in [0.1, 0.15) is 11.6 Å². The minimum absolute atomic E-state index is 0.165. The summed E-state index contributed by atoms with van der Waals surface area (Å²) in [6.07, 6.45) is 2.41. The number of benzene rings is 1. The molecule has 0 N–H and O–H groups in total. The summed E-state index contributed by atoms with van der Waals surface area (Å²) in [6, 6.07) is 2.52. The fourth-order valence-corrected chi connectivity index (χ4v) is 3.19. The molecule has 0 saturated heterocycles. The smallest absolute Gasteiger partial charge is 0.127 e. The van der Waals surface area contributed by atoms with Crippen molar-refractivity contribution in [3.63, 3.8) is 0 Å². The summed E-state index contributed by atoms with van der Waals surface area (Å²) < 4.78 is 27.6. The van der Waals surface area contributed by atoms with Crippen molar-refractivity contribution in [2.45, 2.75) is 45.4 Å². The highest BCUT2D eigenvalue weighted by molar-refractivity contribution is 5.41. The Kier molecular flexibility index (Phi) is 2.77. The molecule has 1 aliphatic carbocycles. The van der Waals surface area contributed by atoms with Crippen molar-refractivity contribution in [2.24, 2.45) is 5.92 Å². The largest absolute Gasteiger partial charge is 0.207 e. The van der Waals surface area contributed by atoms with Crippen LogP contribution in [0.3, 0.4) is 0 Å². The van der Waals surface area contributed by atoms with Crippen molar-refractivity contribution in [2.75, 3.05) is 0 Å². The topological polar surface area (TPSA) is 0 Å². The summed E-state index contributed by atoms with van der Waals surface area (Å²) in [7, 11) is 0. The van der Waals surface area contributed by atoms with E-state index >= 15 is 0 Å². The van der Waals surface area contributed by atoms with Crippen LogP contribution in [0.5, 0.6) is 0 Å². The van der Waals surface area contributed by atoms with E-state index in [0.717, 1.165) is 12.8 Å². The Balaban J connectivity index is 2.65. The molecule has 1 aromatic carbocycles. The van der Waals surface area contributed by atoms with Crippen LogP contribution in [0.2, 0.25) is 0 Å². The molecule has 0 heterocycles. The summed E-state index contributed by atoms with van der Waals surface area (Å²) in [5.74, 6) is -0.133. The first-order chi connectivity index (χ1) is 7.53. The van der Waals surface area contributed by atoms with E-state index in [4.69, 9.17) is 0 Å². The third-order valence-corrected chi connectivity index (χ3v) is 4.26. The van der Waals surface area contributed by atoms with Crippen LogP contribution >= 0.6 is 0 Å². The molecule has 0 bridgehead atoms. The average molecular weight is 224 g/mol. The third-order valence-electron chi connectivity index (χ3n) is 4.26. The van der Waals surface area contributed by atoms with E-state index < -0.39 is 0 Å². The van der Waals surface area contributed by atoms with E-state index in [9.17, 15) is 8.78 Å². The second kappa shape index (κ2) is 3.83. The number of fused-ring (bicyclic) bond motifs is 1. The lowest BCUT2D eigenvalue weighted by Gasteiger charge is -2.34. The van der Waals surface area contributed by atoms with Crippen LogP contribution in [0, 0.1) is 17.6 Å². The van der Waals surface area contributed by atoms with Crippen LogP contribution in [-0.4, -0.2) is 0 Å². The van der Waals surface area contributed by atoms with Gasteiger partial charge in [-0.05, 0) is 42.9 Å². The molecule has 0 radical (unpaired) electrons. The molecule has 88 valence electrons. The quantitative estimate of drug-likeness (QED) is 0.705. The van der Waals surface area contributed by atoms with Crippen LogP contribution in [-0.2, 0) is 11.8 Å². The van der Waals surface area contributed by atoms with Gasteiger partial charge in [-0.2, -0.15) is 0 Å². The molecule has 0 aliphatic heterocycles. The zero-order valence-electron chi connectivity index (χ0n) is 10.1. The minimum Gasteiger partial charge on any atom is -0.207 e. The summed E-state index contributed by atoms with van der Waals surface area (Å²) >= 11 is 0. The van der Waals surface area contributed by atoms with Crippen LogP contribution in [0.25, 0.3) is 0 Å². The van der Waals surface area contributed by atoms with Gasteiger partial charge in [0.25, 0.3) is 0 Å². The fourth-order valence-electron chi connectivity index (χ4n) is 3.19. The second-order valence-electron chi connectivity index (χ2n) is 5.05. The maximum absolute atomic E-state index is 13.9. The van der Waals surface area contributed by atoms with Gasteiger partial charge in [0, 0.05) is 11.0 Å². The molecule has 1 aromatic rings. The standard InChI is InChI=1S/C14H18F2/c1-4-14(9(2)3)8-7-10-11(15)5-6-12(16)13(10)14/h5-6,9H,4,7-8H2,1-3H3. The first-order valence-electron chi connectivity index (χ1n) is 6.00. The van der Waals surface area contributed by atoms with Crippen molar-refractivity contribution >= 4 is 0 Å². The van der Waals surface area contributed by atoms with E-state index in [1.54, 1.807) is 0 Å². The maximum Gasteiger partial charge on any atom is 0.127 e. The normalized spacial score (nSPS) is 23.9. The van der Waals surface area contributed by atoms with Gasteiger partial charge in [0.15, 0.2) is 0 Å². The minimum atomic E-state index is -0.243. The lowest BCUT2D eigenvalue weighted by atomic mass is 9.70. The first kappa shape index (κ1) is 11.6. The van der Waals surface area contributed by atoms with Crippen LogP contribution in [0.4, 0.5) is 8.78 Å². The fraction of sp³-hybridized carbons (Fsp3) is 0.571. The molecule has 1 aliphatic rings. The van der Waals surface area contributed by atoms with Gasteiger partial charge in [-0.25, -0.2) is 8.78 Å². The zero-order chi connectivity index (χ0) is 11.9. The summed E-state index contributed by atoms with van der Waals surface area (Å²) in [6.45, 7) is 6.27. The van der Waals surface area contributed by atoms with Gasteiger partial charge >= 0.3 is 0 Å². The molecule has 1 atom stereocenters. The molecular weight excluding hydrogens is 206 g/mol. The van der Waals surface area contributed by atoms with E-state index in [-0.39, 0.29) is 17.0 Å². The Morgan fingerprint density at radius 2 is 1.88 bits per heavy atom. The van der Waals surface area contributed by atoms with Gasteiger partial charge in [-0.15, -0.1) is 0 Å². The van der Waals surface area contributed by atoms with Gasteiger partial charge in [0.2, 0.25) is 0 Å². The Labute approximate surface area is 95.7 Å². The van der Waals surface area contributed by atoms with Crippen molar-refractivity contribution in [1.29, 1.82) is 0 Å². The lowest BCUT2D eigenvalue weighted by molar-refractivity contribution is 0.285. The Hall–Kier alpha value is -0.920. The first-order valence-corrected chi connectivity index (χ1v) is 6.00. The molecule has 2 heteroatoms. The SMILES string of the molecule is CCC1(C(C)C)CCc2c(F)ccc(F)c21. The molecule has 0 fully saturated rings. The van der Waals surface area contributed by atoms with Gasteiger partial charge in [-0.3, -0.25) is 0 Å². The highest BCUT2D eigenvalue weighted by Gasteiger charge is 2.43. The Bertz CT molecular complexity index is 409. The summed E-state index contributed by atoms with van der Waals surface area (Å²) in [5.41, 5.74) is 1.09. The molecular formula is C14H18F2. The van der Waals surface area contributed by atoms with Crippen molar-refractivity contribution < 1.29 is 8.78 Å². The van der Waals surface area contributed by atoms with Crippen LogP contribution < -0.4 is 0 Å². The average Bonchev–Trinajstić information content (AvgIpc) is 2.65. The second-order valence-corrected chi connectivity index (χ2v) is 5.05. The lowest BCUT2D eigenvalue weighted by Crippen LogP contribution is -2.29. The van der Waals surface area contributed by atoms with Crippen LogP contribution in [0.15, 0.2) is 12.1 Å². The molecule has 0 nitrogen and oxygen atoms in total. The number of hydrogen-bond donors (Lipinski definition) is 0. The molecule has 0 amide bonds. The Morgan fingerprint density at radius 3 is 2.44 bits per heavy atom. The monoisotopic (exact) mass is 224 g/mol. The maximum atomic E-state index is 13.9. The van der Waals surface area contributed by atoms with Crippen molar-refractivity contribution in [3.05, 3.63) is 34.9 Å². The van der Waals surface area contributed by atoms with E-state index in [0.29, 0.717) is 23.5 Å². The number of halogens is 2. The molecule has 1 unspecified atom stereocenters. The van der Waals surface area contributed by atoms with Crippen LogP contribution in [0.1, 0.15) is 44.7 Å². The predicted molar refractivity (Wildman–Crippen MR) is 61.5 cm³/mol. The van der Waals surface area contributed by atoms with Gasteiger partial charge in [0.05, 0.1) is 0 Å². The number of hydrogen-bond acceptors (Lipinski definition) is 0. The number of rotatable bonds is 2. The van der Waals surface area contributed by atoms with Gasteiger partial charge in [-0.1, -0.05) is 20.8 Å². The highest BCUT2D eigenvalue weighted by Crippen LogP contribution is 2.48. The molecule has 0 aromatic heterocycles. The zero-order valence-corrected chi connectivity index (χ0v) is 10.1. The summed E-state index contributed by atoms with van der Waals surface area (Å²) in [5, 5.41) is 0.